The first-order valence-corrected chi connectivity index (χ1v) is 7.35. The number of rotatable bonds is 8. The van der Waals surface area contributed by atoms with E-state index >= 15 is 0 Å². The fourth-order valence-corrected chi connectivity index (χ4v) is 1.75. The topological polar surface area (TPSA) is 106 Å². The second-order valence-electron chi connectivity index (χ2n) is 4.89. The molecule has 0 unspecified atom stereocenters. The van der Waals surface area contributed by atoms with Crippen molar-refractivity contribution in [3.8, 4) is 6.07 Å². The number of carbonyl (C=O) groups is 2. The highest BCUT2D eigenvalue weighted by Crippen LogP contribution is 2.08. The highest BCUT2D eigenvalue weighted by molar-refractivity contribution is 5.78. The zero-order chi connectivity index (χ0) is 17.1. The molecule has 0 aliphatic rings. The van der Waals surface area contributed by atoms with Crippen LogP contribution in [0.2, 0.25) is 0 Å². The monoisotopic (exact) mass is 319 g/mol. The van der Waals surface area contributed by atoms with Gasteiger partial charge in [-0.2, -0.15) is 5.26 Å². The summed E-state index contributed by atoms with van der Waals surface area (Å²) >= 11 is 0. The predicted octanol–water partition coefficient (Wildman–Crippen LogP) is 2.07. The van der Waals surface area contributed by atoms with Crippen molar-refractivity contribution in [3.63, 3.8) is 0 Å². The van der Waals surface area contributed by atoms with Crippen LogP contribution in [0.1, 0.15) is 25.3 Å². The standard InChI is InChI=1S/C16H21N3O4/c1-2-3-9-19(11-15(20)22-10-8-17)16(21)23-12-13-4-6-14(18)7-5-13/h4-7H,2-3,9-12,18H2,1H3. The number of hydrogen-bond donors (Lipinski definition) is 1. The molecule has 7 nitrogen and oxygen atoms in total. The van der Waals surface area contributed by atoms with Crippen molar-refractivity contribution in [3.05, 3.63) is 29.8 Å². The van der Waals surface area contributed by atoms with Crippen LogP contribution >= 0.6 is 0 Å². The number of esters is 1. The van der Waals surface area contributed by atoms with Crippen LogP contribution in [0, 0.1) is 11.3 Å². The Hall–Kier alpha value is -2.75. The summed E-state index contributed by atoms with van der Waals surface area (Å²) in [6.45, 7) is 1.89. The summed E-state index contributed by atoms with van der Waals surface area (Å²) in [6, 6.07) is 8.67. The molecule has 7 heteroatoms. The number of nitrogens with zero attached hydrogens (tertiary/aromatic N) is 2. The van der Waals surface area contributed by atoms with Gasteiger partial charge >= 0.3 is 12.1 Å². The fourth-order valence-electron chi connectivity index (χ4n) is 1.75. The fraction of sp³-hybridized carbons (Fsp3) is 0.438. The second-order valence-corrected chi connectivity index (χ2v) is 4.89. The summed E-state index contributed by atoms with van der Waals surface area (Å²) in [5.41, 5.74) is 7.02. The van der Waals surface area contributed by atoms with Gasteiger partial charge in [-0.05, 0) is 24.1 Å². The molecule has 0 radical (unpaired) electrons. The van der Waals surface area contributed by atoms with E-state index in [-0.39, 0.29) is 19.8 Å². The van der Waals surface area contributed by atoms with Crippen LogP contribution in [0.15, 0.2) is 24.3 Å². The van der Waals surface area contributed by atoms with Crippen LogP contribution in [-0.2, 0) is 20.9 Å². The molecule has 0 fully saturated rings. The van der Waals surface area contributed by atoms with Gasteiger partial charge in [0.15, 0.2) is 6.61 Å². The van der Waals surface area contributed by atoms with E-state index in [0.29, 0.717) is 12.2 Å². The van der Waals surface area contributed by atoms with Gasteiger partial charge in [0.2, 0.25) is 0 Å². The van der Waals surface area contributed by atoms with Gasteiger partial charge in [0.25, 0.3) is 0 Å². The number of nitrogens with two attached hydrogens (primary N) is 1. The average molecular weight is 319 g/mol. The molecule has 124 valence electrons. The number of carbonyl (C=O) groups excluding carboxylic acids is 2. The number of amides is 1. The van der Waals surface area contributed by atoms with E-state index in [0.717, 1.165) is 18.4 Å². The summed E-state index contributed by atoms with van der Waals surface area (Å²) < 4.78 is 9.87. The van der Waals surface area contributed by atoms with Crippen molar-refractivity contribution in [2.75, 3.05) is 25.4 Å². The zero-order valence-electron chi connectivity index (χ0n) is 13.2. The van der Waals surface area contributed by atoms with E-state index < -0.39 is 12.1 Å². The largest absolute Gasteiger partial charge is 0.449 e. The van der Waals surface area contributed by atoms with E-state index in [4.69, 9.17) is 15.7 Å². The van der Waals surface area contributed by atoms with Crippen LogP contribution in [-0.4, -0.2) is 36.7 Å². The number of unbranched alkanes of at least 4 members (excludes halogenated alkanes) is 1. The van der Waals surface area contributed by atoms with Gasteiger partial charge in [0.1, 0.15) is 19.2 Å². The molecule has 0 aliphatic heterocycles. The quantitative estimate of drug-likeness (QED) is 0.581. The summed E-state index contributed by atoms with van der Waals surface area (Å²) in [5, 5.41) is 8.39. The van der Waals surface area contributed by atoms with Crippen LogP contribution < -0.4 is 5.73 Å². The Morgan fingerprint density at radius 1 is 1.26 bits per heavy atom. The van der Waals surface area contributed by atoms with Gasteiger partial charge < -0.3 is 15.2 Å². The molecule has 0 spiro atoms. The van der Waals surface area contributed by atoms with Crippen molar-refractivity contribution in [2.24, 2.45) is 0 Å². The maximum atomic E-state index is 12.1. The minimum atomic E-state index is -0.632. The van der Waals surface area contributed by atoms with Gasteiger partial charge in [-0.25, -0.2) is 4.79 Å². The van der Waals surface area contributed by atoms with Crippen LogP contribution in [0.25, 0.3) is 0 Å². The SMILES string of the molecule is CCCCN(CC(=O)OCC#N)C(=O)OCc1ccc(N)cc1. The molecule has 0 heterocycles. The van der Waals surface area contributed by atoms with Gasteiger partial charge in [0.05, 0.1) is 0 Å². The number of hydrogen-bond acceptors (Lipinski definition) is 6. The molecule has 1 aromatic carbocycles. The third-order valence-corrected chi connectivity index (χ3v) is 3.00. The minimum absolute atomic E-state index is 0.0922. The van der Waals surface area contributed by atoms with Crippen molar-refractivity contribution in [1.82, 2.24) is 4.90 Å². The molecule has 1 aromatic rings. The summed E-state index contributed by atoms with van der Waals surface area (Å²) in [6.07, 6.45) is 1.02. The van der Waals surface area contributed by atoms with Crippen molar-refractivity contribution >= 4 is 17.7 Å². The first-order chi connectivity index (χ1) is 11.1. The van der Waals surface area contributed by atoms with Crippen molar-refractivity contribution < 1.29 is 19.1 Å². The summed E-state index contributed by atoms with van der Waals surface area (Å²) in [7, 11) is 0. The van der Waals surface area contributed by atoms with E-state index in [1.807, 2.05) is 6.92 Å². The normalized spacial score (nSPS) is 9.74. The Balaban J connectivity index is 2.54. The molecule has 2 N–H and O–H groups in total. The van der Waals surface area contributed by atoms with E-state index in [2.05, 4.69) is 4.74 Å². The molecule has 0 saturated heterocycles. The summed E-state index contributed by atoms with van der Waals surface area (Å²) in [5.74, 6) is -0.632. The molecular formula is C16H21N3O4. The summed E-state index contributed by atoms with van der Waals surface area (Å²) in [4.78, 5) is 24.9. The number of nitrogen functional groups attached to an aromatic ring is 1. The smallest absolute Gasteiger partial charge is 0.410 e. The van der Waals surface area contributed by atoms with Crippen molar-refractivity contribution in [1.29, 1.82) is 5.26 Å². The van der Waals surface area contributed by atoms with Crippen LogP contribution in [0.5, 0.6) is 0 Å². The second kappa shape index (κ2) is 10.1. The van der Waals surface area contributed by atoms with Gasteiger partial charge in [-0.1, -0.05) is 25.5 Å². The van der Waals surface area contributed by atoms with Gasteiger partial charge in [-0.3, -0.25) is 9.69 Å². The molecular weight excluding hydrogens is 298 g/mol. The predicted molar refractivity (Wildman–Crippen MR) is 84.1 cm³/mol. The third kappa shape index (κ3) is 7.18. The minimum Gasteiger partial charge on any atom is -0.449 e. The number of anilines is 1. The maximum absolute atomic E-state index is 12.1. The highest BCUT2D eigenvalue weighted by atomic mass is 16.6. The first-order valence-electron chi connectivity index (χ1n) is 7.35. The Labute approximate surface area is 135 Å². The zero-order valence-corrected chi connectivity index (χ0v) is 13.2. The third-order valence-electron chi connectivity index (χ3n) is 3.00. The van der Waals surface area contributed by atoms with Gasteiger partial charge in [-0.15, -0.1) is 0 Å². The molecule has 0 bridgehead atoms. The Morgan fingerprint density at radius 2 is 1.96 bits per heavy atom. The highest BCUT2D eigenvalue weighted by Gasteiger charge is 2.19. The molecule has 0 atom stereocenters. The van der Waals surface area contributed by atoms with Crippen molar-refractivity contribution in [2.45, 2.75) is 26.4 Å². The van der Waals surface area contributed by atoms with E-state index in [9.17, 15) is 9.59 Å². The lowest BCUT2D eigenvalue weighted by Crippen LogP contribution is -2.37. The lowest BCUT2D eigenvalue weighted by Gasteiger charge is -2.20. The lowest BCUT2D eigenvalue weighted by molar-refractivity contribution is -0.143. The van der Waals surface area contributed by atoms with Crippen LogP contribution in [0.4, 0.5) is 10.5 Å². The van der Waals surface area contributed by atoms with E-state index in [1.54, 1.807) is 30.3 Å². The lowest BCUT2D eigenvalue weighted by atomic mass is 10.2. The number of ether oxygens (including phenoxy) is 2. The van der Waals surface area contributed by atoms with E-state index in [1.165, 1.54) is 4.90 Å². The Morgan fingerprint density at radius 3 is 2.57 bits per heavy atom. The number of benzene rings is 1. The molecule has 0 aliphatic carbocycles. The van der Waals surface area contributed by atoms with Crippen LogP contribution in [0.3, 0.4) is 0 Å². The molecule has 1 amide bonds. The molecule has 0 saturated carbocycles. The molecule has 0 aromatic heterocycles. The molecule has 23 heavy (non-hydrogen) atoms. The first kappa shape index (κ1) is 18.3. The Bertz CT molecular complexity index is 551. The Kier molecular flexibility index (Phi) is 8.00. The average Bonchev–Trinajstić information content (AvgIpc) is 2.55. The maximum Gasteiger partial charge on any atom is 0.410 e. The number of nitriles is 1. The molecule has 1 rings (SSSR count). The van der Waals surface area contributed by atoms with Gasteiger partial charge in [0, 0.05) is 12.2 Å².